The van der Waals surface area contributed by atoms with Crippen LogP contribution >= 0.6 is 22.9 Å². The molecule has 0 unspecified atom stereocenters. The van der Waals surface area contributed by atoms with Crippen molar-refractivity contribution in [2.75, 3.05) is 42.9 Å². The third-order valence-electron chi connectivity index (χ3n) is 5.39. The Kier molecular flexibility index (Phi) is 6.37. The van der Waals surface area contributed by atoms with Gasteiger partial charge in [-0.3, -0.25) is 4.79 Å². The van der Waals surface area contributed by atoms with Crippen LogP contribution < -0.4 is 10.2 Å². The van der Waals surface area contributed by atoms with Crippen LogP contribution in [0.2, 0.25) is 5.02 Å². The van der Waals surface area contributed by atoms with Crippen LogP contribution in [0.25, 0.3) is 10.6 Å². The lowest BCUT2D eigenvalue weighted by atomic mass is 10.2. The summed E-state index contributed by atoms with van der Waals surface area (Å²) in [6, 6.07) is 15.6. The Bertz CT molecular complexity index is 1030. The van der Waals surface area contributed by atoms with Crippen molar-refractivity contribution in [1.29, 1.82) is 0 Å². The molecule has 1 aliphatic heterocycles. The summed E-state index contributed by atoms with van der Waals surface area (Å²) in [5.41, 5.74) is 3.50. The number of nitrogens with one attached hydrogen (secondary N) is 1. The second-order valence-electron chi connectivity index (χ2n) is 7.34. The molecule has 3 aromatic rings. The number of thiazole rings is 1. The van der Waals surface area contributed by atoms with E-state index in [2.05, 4.69) is 27.0 Å². The van der Waals surface area contributed by atoms with Crippen molar-refractivity contribution < 1.29 is 4.79 Å². The molecular weight excluding hydrogens is 416 g/mol. The molecule has 0 radical (unpaired) electrons. The first-order valence-electron chi connectivity index (χ1n) is 10.2. The number of aryl methyl sites for hydroxylation is 1. The van der Waals surface area contributed by atoms with Gasteiger partial charge in [-0.2, -0.15) is 0 Å². The van der Waals surface area contributed by atoms with E-state index in [1.54, 1.807) is 0 Å². The van der Waals surface area contributed by atoms with Crippen molar-refractivity contribution in [2.45, 2.75) is 13.8 Å². The van der Waals surface area contributed by atoms with Crippen molar-refractivity contribution in [1.82, 2.24) is 9.88 Å². The van der Waals surface area contributed by atoms with E-state index in [9.17, 15) is 4.79 Å². The van der Waals surface area contributed by atoms with E-state index in [4.69, 9.17) is 11.6 Å². The summed E-state index contributed by atoms with van der Waals surface area (Å²) in [6.45, 7) is 9.01. The third kappa shape index (κ3) is 4.51. The van der Waals surface area contributed by atoms with Gasteiger partial charge >= 0.3 is 0 Å². The van der Waals surface area contributed by atoms with Gasteiger partial charge in [0, 0.05) is 36.8 Å². The highest BCUT2D eigenvalue weighted by atomic mass is 35.5. The highest BCUT2D eigenvalue weighted by Gasteiger charge is 2.21. The maximum Gasteiger partial charge on any atom is 0.267 e. The SMILES string of the molecule is CCN1CCN(c2ccc(Cl)cc2NC(=O)c2sc(-c3ccccc3)nc2C)CC1. The molecule has 1 fully saturated rings. The Morgan fingerprint density at radius 1 is 1.13 bits per heavy atom. The summed E-state index contributed by atoms with van der Waals surface area (Å²) in [5.74, 6) is -0.150. The van der Waals surface area contributed by atoms with E-state index in [1.165, 1.54) is 11.3 Å². The van der Waals surface area contributed by atoms with Crippen LogP contribution in [-0.2, 0) is 0 Å². The molecule has 5 nitrogen and oxygen atoms in total. The van der Waals surface area contributed by atoms with Crippen LogP contribution in [-0.4, -0.2) is 48.5 Å². The molecule has 156 valence electrons. The van der Waals surface area contributed by atoms with E-state index in [0.29, 0.717) is 9.90 Å². The maximum absolute atomic E-state index is 13.1. The second kappa shape index (κ2) is 9.16. The van der Waals surface area contributed by atoms with Crippen molar-refractivity contribution in [3.63, 3.8) is 0 Å². The Labute approximate surface area is 186 Å². The van der Waals surface area contributed by atoms with Crippen LogP contribution in [0.5, 0.6) is 0 Å². The fourth-order valence-corrected chi connectivity index (χ4v) is 4.82. The largest absolute Gasteiger partial charge is 0.367 e. The quantitative estimate of drug-likeness (QED) is 0.594. The van der Waals surface area contributed by atoms with E-state index in [1.807, 2.05) is 55.5 Å². The Hall–Kier alpha value is -2.41. The van der Waals surface area contributed by atoms with Crippen molar-refractivity contribution in [3.05, 3.63) is 64.1 Å². The predicted molar refractivity (Wildman–Crippen MR) is 126 cm³/mol. The van der Waals surface area contributed by atoms with Crippen molar-refractivity contribution >= 4 is 40.2 Å². The Balaban J connectivity index is 1.57. The molecule has 4 rings (SSSR count). The number of likely N-dealkylation sites (N-methyl/N-ethyl adjacent to an activating group) is 1. The van der Waals surface area contributed by atoms with Gasteiger partial charge in [0.05, 0.1) is 17.1 Å². The predicted octanol–water partition coefficient (Wildman–Crippen LogP) is 5.17. The Morgan fingerprint density at radius 3 is 2.57 bits per heavy atom. The van der Waals surface area contributed by atoms with E-state index in [0.717, 1.165) is 60.4 Å². The molecule has 2 aromatic carbocycles. The van der Waals surface area contributed by atoms with Crippen molar-refractivity contribution in [2.24, 2.45) is 0 Å². The van der Waals surface area contributed by atoms with Gasteiger partial charge in [0.1, 0.15) is 9.88 Å². The summed E-state index contributed by atoms with van der Waals surface area (Å²) in [4.78, 5) is 23.1. The topological polar surface area (TPSA) is 48.5 Å². The molecule has 1 aliphatic rings. The highest BCUT2D eigenvalue weighted by molar-refractivity contribution is 7.17. The van der Waals surface area contributed by atoms with Crippen LogP contribution in [0.15, 0.2) is 48.5 Å². The number of carbonyl (C=O) groups is 1. The molecule has 0 bridgehead atoms. The summed E-state index contributed by atoms with van der Waals surface area (Å²) in [7, 11) is 0. The standard InChI is InChI=1S/C23H25ClN4OS/c1-3-27-11-13-28(14-12-27)20-10-9-18(24)15-19(20)26-22(29)21-16(2)25-23(30-21)17-7-5-4-6-8-17/h4-10,15H,3,11-14H2,1-2H3,(H,26,29). The number of rotatable bonds is 5. The molecule has 0 atom stereocenters. The number of piperazine rings is 1. The zero-order valence-electron chi connectivity index (χ0n) is 17.2. The summed E-state index contributed by atoms with van der Waals surface area (Å²) in [6.07, 6.45) is 0. The van der Waals surface area contributed by atoms with Gasteiger partial charge in [0.2, 0.25) is 0 Å². The zero-order chi connectivity index (χ0) is 21.1. The van der Waals surface area contributed by atoms with Gasteiger partial charge in [0.15, 0.2) is 0 Å². The lowest BCUT2D eigenvalue weighted by molar-refractivity contribution is 0.103. The van der Waals surface area contributed by atoms with Gasteiger partial charge in [-0.15, -0.1) is 11.3 Å². The normalized spacial score (nSPS) is 14.7. The van der Waals surface area contributed by atoms with Crippen LogP contribution in [0.3, 0.4) is 0 Å². The molecule has 1 aromatic heterocycles. The summed E-state index contributed by atoms with van der Waals surface area (Å²) >= 11 is 7.67. The van der Waals surface area contributed by atoms with E-state index >= 15 is 0 Å². The van der Waals surface area contributed by atoms with Crippen LogP contribution in [0, 0.1) is 6.92 Å². The number of aromatic nitrogens is 1. The number of hydrogen-bond acceptors (Lipinski definition) is 5. The number of anilines is 2. The zero-order valence-corrected chi connectivity index (χ0v) is 18.8. The minimum absolute atomic E-state index is 0.150. The number of amides is 1. The highest BCUT2D eigenvalue weighted by Crippen LogP contribution is 2.32. The molecule has 1 saturated heterocycles. The average Bonchev–Trinajstić information content (AvgIpc) is 3.16. The first kappa shape index (κ1) is 20.8. The molecule has 30 heavy (non-hydrogen) atoms. The molecule has 2 heterocycles. The molecule has 0 spiro atoms. The molecule has 0 saturated carbocycles. The average molecular weight is 441 g/mol. The summed E-state index contributed by atoms with van der Waals surface area (Å²) in [5, 5.41) is 4.54. The third-order valence-corrected chi connectivity index (χ3v) is 6.83. The first-order valence-corrected chi connectivity index (χ1v) is 11.4. The molecular formula is C23H25ClN4OS. The van der Waals surface area contributed by atoms with Gasteiger partial charge in [0.25, 0.3) is 5.91 Å². The lowest BCUT2D eigenvalue weighted by Crippen LogP contribution is -2.46. The number of nitrogens with zero attached hydrogens (tertiary/aromatic N) is 3. The summed E-state index contributed by atoms with van der Waals surface area (Å²) < 4.78 is 0. The number of benzene rings is 2. The molecule has 7 heteroatoms. The number of carbonyl (C=O) groups excluding carboxylic acids is 1. The van der Waals surface area contributed by atoms with Crippen LogP contribution in [0.4, 0.5) is 11.4 Å². The van der Waals surface area contributed by atoms with E-state index in [-0.39, 0.29) is 5.91 Å². The minimum atomic E-state index is -0.150. The van der Waals surface area contributed by atoms with Gasteiger partial charge in [-0.25, -0.2) is 4.98 Å². The lowest BCUT2D eigenvalue weighted by Gasteiger charge is -2.36. The van der Waals surface area contributed by atoms with Crippen molar-refractivity contribution in [3.8, 4) is 10.6 Å². The first-order chi connectivity index (χ1) is 14.5. The number of hydrogen-bond donors (Lipinski definition) is 1. The monoisotopic (exact) mass is 440 g/mol. The second-order valence-corrected chi connectivity index (χ2v) is 8.77. The Morgan fingerprint density at radius 2 is 1.87 bits per heavy atom. The van der Waals surface area contributed by atoms with Gasteiger partial charge in [-0.1, -0.05) is 48.9 Å². The molecule has 1 amide bonds. The maximum atomic E-state index is 13.1. The number of halogens is 1. The minimum Gasteiger partial charge on any atom is -0.367 e. The molecule has 1 N–H and O–H groups in total. The van der Waals surface area contributed by atoms with Gasteiger partial charge < -0.3 is 15.1 Å². The fraction of sp³-hybridized carbons (Fsp3) is 0.304. The smallest absolute Gasteiger partial charge is 0.267 e. The fourth-order valence-electron chi connectivity index (χ4n) is 3.68. The van der Waals surface area contributed by atoms with Gasteiger partial charge in [-0.05, 0) is 31.7 Å². The molecule has 0 aliphatic carbocycles. The van der Waals surface area contributed by atoms with E-state index < -0.39 is 0 Å². The van der Waals surface area contributed by atoms with Crippen LogP contribution in [0.1, 0.15) is 22.3 Å².